The first-order chi connectivity index (χ1) is 13.0. The number of carbonyl (C=O) groups excluding carboxylic acids is 1. The fraction of sp³-hybridized carbons (Fsp3) is 0.300. The third-order valence-electron chi connectivity index (χ3n) is 3.93. The van der Waals surface area contributed by atoms with Crippen LogP contribution in [-0.2, 0) is 20.2 Å². The van der Waals surface area contributed by atoms with Crippen molar-refractivity contribution in [3.8, 4) is 11.5 Å². The molecular formula is C20H23N3O4. The fourth-order valence-corrected chi connectivity index (χ4v) is 2.62. The standard InChI is InChI=1S/C20H23N3O4/c1-4-25-16-5-7-17(8-6-16)26-13-18-9-10-19(27-18)20(24)21-12-15-11-14(2)22-23(15)3/h5-11H,4,12-13H2,1-3H3,(H,21,24). The molecule has 0 atom stereocenters. The Bertz CT molecular complexity index is 896. The largest absolute Gasteiger partial charge is 0.494 e. The normalized spacial score (nSPS) is 10.6. The lowest BCUT2D eigenvalue weighted by molar-refractivity contribution is 0.0918. The highest BCUT2D eigenvalue weighted by Gasteiger charge is 2.12. The third kappa shape index (κ3) is 4.91. The Morgan fingerprint density at radius 1 is 1.15 bits per heavy atom. The van der Waals surface area contributed by atoms with Crippen LogP contribution in [0.4, 0.5) is 0 Å². The van der Waals surface area contributed by atoms with Crippen LogP contribution in [0.2, 0.25) is 0 Å². The van der Waals surface area contributed by atoms with Gasteiger partial charge in [-0.2, -0.15) is 5.10 Å². The zero-order valence-corrected chi connectivity index (χ0v) is 15.7. The van der Waals surface area contributed by atoms with Crippen molar-refractivity contribution in [2.75, 3.05) is 6.61 Å². The number of benzene rings is 1. The van der Waals surface area contributed by atoms with Gasteiger partial charge < -0.3 is 19.2 Å². The van der Waals surface area contributed by atoms with Crippen molar-refractivity contribution >= 4 is 5.91 Å². The van der Waals surface area contributed by atoms with Crippen LogP contribution in [0.1, 0.15) is 34.6 Å². The number of furan rings is 1. The number of rotatable bonds is 8. The molecule has 7 heteroatoms. The number of nitrogens with zero attached hydrogens (tertiary/aromatic N) is 2. The van der Waals surface area contributed by atoms with Crippen molar-refractivity contribution in [2.45, 2.75) is 27.0 Å². The average molecular weight is 369 g/mol. The molecule has 0 aliphatic rings. The molecular weight excluding hydrogens is 346 g/mol. The molecule has 2 heterocycles. The lowest BCUT2D eigenvalue weighted by Gasteiger charge is -2.06. The zero-order valence-electron chi connectivity index (χ0n) is 15.7. The summed E-state index contributed by atoms with van der Waals surface area (Å²) in [5.41, 5.74) is 1.83. The van der Waals surface area contributed by atoms with Gasteiger partial charge in [0.05, 0.1) is 24.5 Å². The van der Waals surface area contributed by atoms with Gasteiger partial charge in [-0.1, -0.05) is 0 Å². The molecule has 1 amide bonds. The van der Waals surface area contributed by atoms with Crippen LogP contribution in [0.5, 0.6) is 11.5 Å². The second-order valence-electron chi connectivity index (χ2n) is 6.04. The van der Waals surface area contributed by atoms with E-state index in [9.17, 15) is 4.79 Å². The predicted octanol–water partition coefficient (Wildman–Crippen LogP) is 3.23. The molecule has 142 valence electrons. The second-order valence-corrected chi connectivity index (χ2v) is 6.04. The minimum absolute atomic E-state index is 0.238. The highest BCUT2D eigenvalue weighted by molar-refractivity contribution is 5.91. The van der Waals surface area contributed by atoms with Crippen molar-refractivity contribution in [2.24, 2.45) is 7.05 Å². The van der Waals surface area contributed by atoms with Crippen LogP contribution >= 0.6 is 0 Å². The monoisotopic (exact) mass is 369 g/mol. The highest BCUT2D eigenvalue weighted by atomic mass is 16.5. The molecule has 0 aliphatic heterocycles. The molecule has 3 rings (SSSR count). The van der Waals surface area contributed by atoms with Crippen molar-refractivity contribution in [3.05, 3.63) is 65.4 Å². The van der Waals surface area contributed by atoms with Crippen LogP contribution in [0.25, 0.3) is 0 Å². The van der Waals surface area contributed by atoms with Crippen LogP contribution in [-0.4, -0.2) is 22.3 Å². The van der Waals surface area contributed by atoms with Gasteiger partial charge in [0.2, 0.25) is 0 Å². The topological polar surface area (TPSA) is 78.5 Å². The maximum atomic E-state index is 12.2. The lowest BCUT2D eigenvalue weighted by atomic mass is 10.3. The molecule has 3 aromatic rings. The number of hydrogen-bond acceptors (Lipinski definition) is 5. The molecule has 0 unspecified atom stereocenters. The Morgan fingerprint density at radius 2 is 1.85 bits per heavy atom. The zero-order chi connectivity index (χ0) is 19.2. The van der Waals surface area contributed by atoms with Crippen LogP contribution in [0, 0.1) is 6.92 Å². The SMILES string of the molecule is CCOc1ccc(OCc2ccc(C(=O)NCc3cc(C)nn3C)o2)cc1. The molecule has 27 heavy (non-hydrogen) atoms. The summed E-state index contributed by atoms with van der Waals surface area (Å²) in [6.07, 6.45) is 0. The Kier molecular flexibility index (Phi) is 5.80. The molecule has 0 bridgehead atoms. The summed E-state index contributed by atoms with van der Waals surface area (Å²) in [6.45, 7) is 5.09. The number of aryl methyl sites for hydroxylation is 2. The van der Waals surface area contributed by atoms with E-state index in [1.165, 1.54) is 0 Å². The Hall–Kier alpha value is -3.22. The summed E-state index contributed by atoms with van der Waals surface area (Å²) in [4.78, 5) is 12.2. The molecule has 0 spiro atoms. The predicted molar refractivity (Wildman–Crippen MR) is 99.8 cm³/mol. The van der Waals surface area contributed by atoms with E-state index in [-0.39, 0.29) is 18.3 Å². The van der Waals surface area contributed by atoms with Gasteiger partial charge in [-0.15, -0.1) is 0 Å². The van der Waals surface area contributed by atoms with E-state index in [0.29, 0.717) is 24.7 Å². The number of ether oxygens (including phenoxy) is 2. The summed E-state index contributed by atoms with van der Waals surface area (Å²) in [5, 5.41) is 7.08. The summed E-state index contributed by atoms with van der Waals surface area (Å²) in [7, 11) is 1.84. The van der Waals surface area contributed by atoms with Crippen LogP contribution < -0.4 is 14.8 Å². The first-order valence-corrected chi connectivity index (χ1v) is 8.77. The lowest BCUT2D eigenvalue weighted by Crippen LogP contribution is -2.23. The van der Waals surface area contributed by atoms with Gasteiger partial charge in [0.1, 0.15) is 23.9 Å². The Morgan fingerprint density at radius 3 is 2.48 bits per heavy atom. The van der Waals surface area contributed by atoms with E-state index in [4.69, 9.17) is 13.9 Å². The quantitative estimate of drug-likeness (QED) is 0.659. The van der Waals surface area contributed by atoms with E-state index in [2.05, 4.69) is 10.4 Å². The summed E-state index contributed by atoms with van der Waals surface area (Å²) in [5.74, 6) is 2.05. The Balaban J connectivity index is 1.51. The molecule has 0 fully saturated rings. The van der Waals surface area contributed by atoms with E-state index in [1.54, 1.807) is 16.8 Å². The van der Waals surface area contributed by atoms with Gasteiger partial charge in [0.25, 0.3) is 5.91 Å². The molecule has 0 saturated carbocycles. The minimum Gasteiger partial charge on any atom is -0.494 e. The molecule has 1 N–H and O–H groups in total. The molecule has 7 nitrogen and oxygen atoms in total. The first-order valence-electron chi connectivity index (χ1n) is 8.77. The van der Waals surface area contributed by atoms with Crippen molar-refractivity contribution in [3.63, 3.8) is 0 Å². The van der Waals surface area contributed by atoms with E-state index >= 15 is 0 Å². The van der Waals surface area contributed by atoms with Gasteiger partial charge in [0, 0.05) is 7.05 Å². The summed E-state index contributed by atoms with van der Waals surface area (Å²) in [6, 6.07) is 12.7. The maximum Gasteiger partial charge on any atom is 0.287 e. The number of carbonyl (C=O) groups is 1. The van der Waals surface area contributed by atoms with Gasteiger partial charge in [0.15, 0.2) is 5.76 Å². The van der Waals surface area contributed by atoms with E-state index in [0.717, 1.165) is 17.1 Å². The third-order valence-corrected chi connectivity index (χ3v) is 3.93. The number of nitrogens with one attached hydrogen (secondary N) is 1. The van der Waals surface area contributed by atoms with E-state index in [1.807, 2.05) is 51.2 Å². The summed E-state index contributed by atoms with van der Waals surface area (Å²) < 4.78 is 18.4. The van der Waals surface area contributed by atoms with Gasteiger partial charge in [-0.05, 0) is 56.3 Å². The molecule has 0 aliphatic carbocycles. The summed E-state index contributed by atoms with van der Waals surface area (Å²) >= 11 is 0. The van der Waals surface area contributed by atoms with Gasteiger partial charge in [-0.3, -0.25) is 9.48 Å². The fourth-order valence-electron chi connectivity index (χ4n) is 2.62. The smallest absolute Gasteiger partial charge is 0.287 e. The number of aromatic nitrogens is 2. The molecule has 0 radical (unpaired) electrons. The molecule has 0 saturated heterocycles. The minimum atomic E-state index is -0.277. The van der Waals surface area contributed by atoms with Gasteiger partial charge >= 0.3 is 0 Å². The van der Waals surface area contributed by atoms with Crippen LogP contribution in [0.3, 0.4) is 0 Å². The highest BCUT2D eigenvalue weighted by Crippen LogP contribution is 2.19. The van der Waals surface area contributed by atoms with Crippen molar-refractivity contribution in [1.29, 1.82) is 0 Å². The number of amides is 1. The van der Waals surface area contributed by atoms with Crippen LogP contribution in [0.15, 0.2) is 46.9 Å². The van der Waals surface area contributed by atoms with Crippen molar-refractivity contribution < 1.29 is 18.7 Å². The van der Waals surface area contributed by atoms with Gasteiger partial charge in [-0.25, -0.2) is 0 Å². The maximum absolute atomic E-state index is 12.2. The number of hydrogen-bond donors (Lipinski definition) is 1. The van der Waals surface area contributed by atoms with Crippen molar-refractivity contribution in [1.82, 2.24) is 15.1 Å². The molecule has 2 aromatic heterocycles. The average Bonchev–Trinajstić information content (AvgIpc) is 3.25. The Labute approximate surface area is 157 Å². The first kappa shape index (κ1) is 18.6. The van der Waals surface area contributed by atoms with E-state index < -0.39 is 0 Å². The second kappa shape index (κ2) is 8.44. The molecule has 1 aromatic carbocycles.